The van der Waals surface area contributed by atoms with Crippen LogP contribution in [0.25, 0.3) is 0 Å². The van der Waals surface area contributed by atoms with E-state index in [4.69, 9.17) is 11.6 Å². The molecule has 0 heterocycles. The third-order valence-corrected chi connectivity index (χ3v) is 2.92. The molecule has 12 heavy (non-hydrogen) atoms. The van der Waals surface area contributed by atoms with E-state index in [1.807, 2.05) is 6.92 Å². The molecule has 1 aliphatic carbocycles. The quantitative estimate of drug-likeness (QED) is 0.543. The zero-order valence-electron chi connectivity index (χ0n) is 6.90. The Bertz CT molecular complexity index is 320. The molecular weight excluding hydrogens is 175 g/mol. The highest BCUT2D eigenvalue weighted by molar-refractivity contribution is 6.21. The lowest BCUT2D eigenvalue weighted by atomic mass is 10.0. The third kappa shape index (κ3) is 1.04. The van der Waals surface area contributed by atoms with Crippen molar-refractivity contribution in [1.82, 2.24) is 0 Å². The molecule has 0 saturated carbocycles. The zero-order chi connectivity index (χ0) is 8.72. The molecule has 0 N–H and O–H groups in total. The first-order chi connectivity index (χ1) is 5.70. The minimum atomic E-state index is -0.0984. The summed E-state index contributed by atoms with van der Waals surface area (Å²) in [4.78, 5) is 0. The van der Waals surface area contributed by atoms with E-state index in [1.165, 1.54) is 6.07 Å². The number of aryl methyl sites for hydroxylation is 1. The van der Waals surface area contributed by atoms with Crippen molar-refractivity contribution in [2.24, 2.45) is 0 Å². The van der Waals surface area contributed by atoms with Crippen LogP contribution in [-0.4, -0.2) is 0 Å². The SMILES string of the molecule is Cc1ccc(F)c2c1C(Cl)CC2. The summed E-state index contributed by atoms with van der Waals surface area (Å²) >= 11 is 6.05. The van der Waals surface area contributed by atoms with Gasteiger partial charge in [-0.25, -0.2) is 4.39 Å². The minimum Gasteiger partial charge on any atom is -0.207 e. The molecule has 1 aromatic carbocycles. The normalized spacial score (nSPS) is 21.1. The van der Waals surface area contributed by atoms with Crippen molar-refractivity contribution in [1.29, 1.82) is 0 Å². The third-order valence-electron chi connectivity index (χ3n) is 2.48. The molecule has 0 saturated heterocycles. The Hall–Kier alpha value is -0.560. The maximum atomic E-state index is 13.2. The van der Waals surface area contributed by atoms with Crippen molar-refractivity contribution in [3.8, 4) is 0 Å². The van der Waals surface area contributed by atoms with Crippen LogP contribution in [0.3, 0.4) is 0 Å². The first-order valence-corrected chi connectivity index (χ1v) is 4.55. The predicted molar refractivity (Wildman–Crippen MR) is 48.1 cm³/mol. The van der Waals surface area contributed by atoms with Gasteiger partial charge in [0.05, 0.1) is 5.38 Å². The van der Waals surface area contributed by atoms with Crippen LogP contribution in [0.15, 0.2) is 12.1 Å². The highest BCUT2D eigenvalue weighted by Gasteiger charge is 2.24. The van der Waals surface area contributed by atoms with Crippen molar-refractivity contribution in [3.05, 3.63) is 34.6 Å². The van der Waals surface area contributed by atoms with Crippen LogP contribution in [0.1, 0.15) is 28.5 Å². The van der Waals surface area contributed by atoms with Gasteiger partial charge >= 0.3 is 0 Å². The minimum absolute atomic E-state index is 0.0238. The number of hydrogen-bond donors (Lipinski definition) is 0. The summed E-state index contributed by atoms with van der Waals surface area (Å²) in [7, 11) is 0. The molecule has 1 aromatic rings. The van der Waals surface area contributed by atoms with E-state index >= 15 is 0 Å². The van der Waals surface area contributed by atoms with Crippen LogP contribution < -0.4 is 0 Å². The summed E-state index contributed by atoms with van der Waals surface area (Å²) in [5, 5.41) is 0.0238. The first kappa shape index (κ1) is 8.06. The Balaban J connectivity index is 2.64. The highest BCUT2D eigenvalue weighted by Crippen LogP contribution is 2.39. The molecule has 0 spiro atoms. The van der Waals surface area contributed by atoms with Crippen LogP contribution in [0, 0.1) is 12.7 Å². The summed E-state index contributed by atoms with van der Waals surface area (Å²) in [5.74, 6) is -0.0984. The standard InChI is InChI=1S/C10H10ClF/c1-6-2-5-9(12)7-3-4-8(11)10(6)7/h2,5,8H,3-4H2,1H3. The van der Waals surface area contributed by atoms with Gasteiger partial charge in [0.15, 0.2) is 0 Å². The van der Waals surface area contributed by atoms with Gasteiger partial charge in [-0.1, -0.05) is 6.07 Å². The largest absolute Gasteiger partial charge is 0.207 e. The zero-order valence-corrected chi connectivity index (χ0v) is 7.66. The van der Waals surface area contributed by atoms with Crippen LogP contribution in [0.4, 0.5) is 4.39 Å². The fourth-order valence-electron chi connectivity index (χ4n) is 1.86. The highest BCUT2D eigenvalue weighted by atomic mass is 35.5. The average Bonchev–Trinajstić information content (AvgIpc) is 2.42. The number of alkyl halides is 1. The van der Waals surface area contributed by atoms with Gasteiger partial charge in [0.1, 0.15) is 5.82 Å². The first-order valence-electron chi connectivity index (χ1n) is 4.12. The van der Waals surface area contributed by atoms with Gasteiger partial charge < -0.3 is 0 Å². The number of halogens is 2. The van der Waals surface area contributed by atoms with E-state index in [0.29, 0.717) is 0 Å². The van der Waals surface area contributed by atoms with Crippen molar-refractivity contribution in [2.75, 3.05) is 0 Å². The van der Waals surface area contributed by atoms with Gasteiger partial charge in [-0.05, 0) is 42.5 Å². The molecule has 1 atom stereocenters. The molecule has 0 radical (unpaired) electrons. The molecule has 64 valence electrons. The van der Waals surface area contributed by atoms with Crippen molar-refractivity contribution < 1.29 is 4.39 Å². The molecule has 0 nitrogen and oxygen atoms in total. The van der Waals surface area contributed by atoms with Crippen molar-refractivity contribution >= 4 is 11.6 Å². The summed E-state index contributed by atoms with van der Waals surface area (Å²) in [6, 6.07) is 3.33. The van der Waals surface area contributed by atoms with Crippen LogP contribution in [0.2, 0.25) is 0 Å². The summed E-state index contributed by atoms with van der Waals surface area (Å²) in [6.45, 7) is 1.99. The molecule has 0 aromatic heterocycles. The lowest BCUT2D eigenvalue weighted by molar-refractivity contribution is 0.612. The monoisotopic (exact) mass is 184 g/mol. The second-order valence-corrected chi connectivity index (χ2v) is 3.79. The number of benzene rings is 1. The molecule has 2 heteroatoms. The molecule has 0 bridgehead atoms. The fourth-order valence-corrected chi connectivity index (χ4v) is 2.27. The van der Waals surface area contributed by atoms with Gasteiger partial charge in [0, 0.05) is 0 Å². The summed E-state index contributed by atoms with van der Waals surface area (Å²) in [5.41, 5.74) is 2.97. The van der Waals surface area contributed by atoms with Crippen LogP contribution in [0.5, 0.6) is 0 Å². The molecule has 0 amide bonds. The maximum Gasteiger partial charge on any atom is 0.126 e. The van der Waals surface area contributed by atoms with E-state index in [0.717, 1.165) is 29.5 Å². The van der Waals surface area contributed by atoms with Gasteiger partial charge in [-0.15, -0.1) is 11.6 Å². The second kappa shape index (κ2) is 2.74. The number of fused-ring (bicyclic) bond motifs is 1. The molecule has 0 aliphatic heterocycles. The Labute approximate surface area is 76.4 Å². The van der Waals surface area contributed by atoms with E-state index in [1.54, 1.807) is 6.07 Å². The van der Waals surface area contributed by atoms with E-state index < -0.39 is 0 Å². The Morgan fingerprint density at radius 3 is 2.92 bits per heavy atom. The van der Waals surface area contributed by atoms with E-state index in [9.17, 15) is 4.39 Å². The van der Waals surface area contributed by atoms with Gasteiger partial charge in [0.2, 0.25) is 0 Å². The molecule has 0 fully saturated rings. The molecule has 1 unspecified atom stereocenters. The lowest BCUT2D eigenvalue weighted by Gasteiger charge is -2.07. The number of hydrogen-bond acceptors (Lipinski definition) is 0. The maximum absolute atomic E-state index is 13.2. The summed E-state index contributed by atoms with van der Waals surface area (Å²) in [6.07, 6.45) is 1.66. The summed E-state index contributed by atoms with van der Waals surface area (Å²) < 4.78 is 13.2. The van der Waals surface area contributed by atoms with Crippen LogP contribution >= 0.6 is 11.6 Å². The molecule has 1 aliphatic rings. The fraction of sp³-hybridized carbons (Fsp3) is 0.400. The predicted octanol–water partition coefficient (Wildman–Crippen LogP) is 3.36. The van der Waals surface area contributed by atoms with Crippen LogP contribution in [-0.2, 0) is 6.42 Å². The molecular formula is C10H10ClF. The lowest BCUT2D eigenvalue weighted by Crippen LogP contribution is -1.92. The van der Waals surface area contributed by atoms with Crippen molar-refractivity contribution in [3.63, 3.8) is 0 Å². The number of rotatable bonds is 0. The average molecular weight is 185 g/mol. The Morgan fingerprint density at radius 1 is 1.50 bits per heavy atom. The van der Waals surface area contributed by atoms with Gasteiger partial charge in [0.25, 0.3) is 0 Å². The van der Waals surface area contributed by atoms with E-state index in [2.05, 4.69) is 0 Å². The smallest absolute Gasteiger partial charge is 0.126 e. The second-order valence-electron chi connectivity index (χ2n) is 3.26. The topological polar surface area (TPSA) is 0 Å². The van der Waals surface area contributed by atoms with Gasteiger partial charge in [-0.3, -0.25) is 0 Å². The van der Waals surface area contributed by atoms with Crippen molar-refractivity contribution in [2.45, 2.75) is 25.1 Å². The van der Waals surface area contributed by atoms with E-state index in [-0.39, 0.29) is 11.2 Å². The Kier molecular flexibility index (Phi) is 1.84. The van der Waals surface area contributed by atoms with Gasteiger partial charge in [-0.2, -0.15) is 0 Å². The Morgan fingerprint density at radius 2 is 2.25 bits per heavy atom. The molecule has 2 rings (SSSR count).